The molecule has 0 bridgehead atoms. The van der Waals surface area contributed by atoms with Crippen molar-refractivity contribution < 1.29 is 4.79 Å². The minimum absolute atomic E-state index is 0.0104. The molecule has 3 nitrogen and oxygen atoms in total. The van der Waals surface area contributed by atoms with Crippen LogP contribution >= 0.6 is 11.6 Å². The van der Waals surface area contributed by atoms with Gasteiger partial charge in [0.2, 0.25) is 5.91 Å². The number of halogens is 1. The fraction of sp³-hybridized carbons (Fsp3) is 0.350. The third kappa shape index (κ3) is 5.08. The zero-order valence-electron chi connectivity index (χ0n) is 14.7. The first kappa shape index (κ1) is 18.5. The Morgan fingerprint density at radius 1 is 1.04 bits per heavy atom. The molecule has 0 aromatic heterocycles. The van der Waals surface area contributed by atoms with Crippen LogP contribution < -0.4 is 5.32 Å². The highest BCUT2D eigenvalue weighted by molar-refractivity contribution is 6.30. The second-order valence-electron chi connectivity index (χ2n) is 6.48. The zero-order chi connectivity index (χ0) is 17.7. The van der Waals surface area contributed by atoms with Crippen molar-refractivity contribution in [1.29, 1.82) is 0 Å². The molecular formula is C20H25ClN2O. The predicted molar refractivity (Wildman–Crippen MR) is 102 cm³/mol. The molecule has 4 heteroatoms. The van der Waals surface area contributed by atoms with Crippen molar-refractivity contribution in [2.45, 2.75) is 39.3 Å². The lowest BCUT2D eigenvalue weighted by Gasteiger charge is -2.24. The first-order valence-corrected chi connectivity index (χ1v) is 8.60. The lowest BCUT2D eigenvalue weighted by molar-refractivity contribution is -0.120. The summed E-state index contributed by atoms with van der Waals surface area (Å²) >= 11 is 5.90. The summed E-state index contributed by atoms with van der Waals surface area (Å²) in [6.45, 7) is 6.91. The summed E-state index contributed by atoms with van der Waals surface area (Å²) in [5.41, 5.74) is 3.22. The van der Waals surface area contributed by atoms with E-state index in [0.717, 1.165) is 16.3 Å². The lowest BCUT2D eigenvalue weighted by Crippen LogP contribution is -2.39. The Kier molecular flexibility index (Phi) is 6.41. The fourth-order valence-electron chi connectivity index (χ4n) is 2.41. The summed E-state index contributed by atoms with van der Waals surface area (Å²) in [7, 11) is 1.95. The first-order chi connectivity index (χ1) is 11.4. The summed E-state index contributed by atoms with van der Waals surface area (Å²) < 4.78 is 0. The van der Waals surface area contributed by atoms with E-state index in [4.69, 9.17) is 11.6 Å². The standard InChI is InChI=1S/C20H25ClN2O/c1-14(2)17-7-11-19(12-8-17)22-20(24)15(3)23(4)13-16-5-9-18(21)10-6-16/h5-12,14-15H,13H2,1-4H3,(H,22,24)/t15-/m0/s1. The van der Waals surface area contributed by atoms with Gasteiger partial charge in [0.05, 0.1) is 6.04 Å². The van der Waals surface area contributed by atoms with Crippen LogP contribution in [0.3, 0.4) is 0 Å². The molecule has 24 heavy (non-hydrogen) atoms. The molecule has 0 saturated carbocycles. The van der Waals surface area contributed by atoms with Crippen LogP contribution in [0.25, 0.3) is 0 Å². The Hall–Kier alpha value is -1.84. The third-order valence-electron chi connectivity index (χ3n) is 4.23. The van der Waals surface area contributed by atoms with E-state index in [1.54, 1.807) is 0 Å². The number of benzene rings is 2. The second-order valence-corrected chi connectivity index (χ2v) is 6.92. The van der Waals surface area contributed by atoms with Crippen molar-refractivity contribution in [2.24, 2.45) is 0 Å². The van der Waals surface area contributed by atoms with Crippen LogP contribution in [-0.4, -0.2) is 23.9 Å². The maximum absolute atomic E-state index is 12.4. The zero-order valence-corrected chi connectivity index (χ0v) is 15.5. The van der Waals surface area contributed by atoms with Crippen molar-refractivity contribution in [3.63, 3.8) is 0 Å². The van der Waals surface area contributed by atoms with E-state index < -0.39 is 0 Å². The molecule has 1 amide bonds. The number of rotatable bonds is 6. The van der Waals surface area contributed by atoms with E-state index in [-0.39, 0.29) is 11.9 Å². The number of carbonyl (C=O) groups is 1. The molecule has 2 rings (SSSR count). The Balaban J connectivity index is 1.94. The van der Waals surface area contributed by atoms with E-state index in [0.29, 0.717) is 12.5 Å². The van der Waals surface area contributed by atoms with Gasteiger partial charge in [-0.3, -0.25) is 9.69 Å². The summed E-state index contributed by atoms with van der Waals surface area (Å²) in [5, 5.41) is 3.70. The van der Waals surface area contributed by atoms with Gasteiger partial charge in [-0.1, -0.05) is 49.7 Å². The number of hydrogen-bond acceptors (Lipinski definition) is 2. The molecule has 2 aromatic rings. The predicted octanol–water partition coefficient (Wildman–Crippen LogP) is 4.92. The van der Waals surface area contributed by atoms with E-state index in [1.165, 1.54) is 5.56 Å². The number of nitrogens with zero attached hydrogens (tertiary/aromatic N) is 1. The highest BCUT2D eigenvalue weighted by atomic mass is 35.5. The average molecular weight is 345 g/mol. The van der Waals surface area contributed by atoms with Crippen molar-refractivity contribution >= 4 is 23.2 Å². The maximum Gasteiger partial charge on any atom is 0.241 e. The van der Waals surface area contributed by atoms with Crippen molar-refractivity contribution in [3.8, 4) is 0 Å². The molecule has 128 valence electrons. The number of anilines is 1. The number of nitrogens with one attached hydrogen (secondary N) is 1. The van der Waals surface area contributed by atoms with Crippen LogP contribution in [-0.2, 0) is 11.3 Å². The molecule has 2 aromatic carbocycles. The monoisotopic (exact) mass is 344 g/mol. The van der Waals surface area contributed by atoms with Crippen LogP contribution in [0.1, 0.15) is 37.8 Å². The Morgan fingerprint density at radius 2 is 1.62 bits per heavy atom. The molecule has 1 atom stereocenters. The molecule has 0 aliphatic rings. The number of amides is 1. The summed E-state index contributed by atoms with van der Waals surface area (Å²) in [6.07, 6.45) is 0. The van der Waals surface area contributed by atoms with Crippen molar-refractivity contribution in [1.82, 2.24) is 4.90 Å². The van der Waals surface area contributed by atoms with Gasteiger partial charge in [0.1, 0.15) is 0 Å². The van der Waals surface area contributed by atoms with Crippen molar-refractivity contribution in [3.05, 3.63) is 64.7 Å². The van der Waals surface area contributed by atoms with Gasteiger partial charge in [-0.2, -0.15) is 0 Å². The number of likely N-dealkylation sites (N-methyl/N-ethyl adjacent to an activating group) is 1. The Labute approximate surface area is 149 Å². The van der Waals surface area contributed by atoms with Crippen LogP contribution in [0.15, 0.2) is 48.5 Å². The molecule has 1 N–H and O–H groups in total. The largest absolute Gasteiger partial charge is 0.325 e. The van der Waals surface area contributed by atoms with Crippen LogP contribution in [0, 0.1) is 0 Å². The van der Waals surface area contributed by atoms with E-state index in [2.05, 4.69) is 31.3 Å². The van der Waals surface area contributed by atoms with Gasteiger partial charge in [0.15, 0.2) is 0 Å². The molecule has 0 unspecified atom stereocenters. The Bertz CT molecular complexity index is 665. The average Bonchev–Trinajstić information content (AvgIpc) is 2.56. The lowest BCUT2D eigenvalue weighted by atomic mass is 10.0. The molecule has 0 fully saturated rings. The molecular weight excluding hydrogens is 320 g/mol. The van der Waals surface area contributed by atoms with E-state index in [1.807, 2.05) is 55.3 Å². The quantitative estimate of drug-likeness (QED) is 0.806. The molecule has 0 saturated heterocycles. The van der Waals surface area contributed by atoms with Crippen molar-refractivity contribution in [2.75, 3.05) is 12.4 Å². The molecule has 0 aliphatic carbocycles. The minimum atomic E-state index is -0.231. The summed E-state index contributed by atoms with van der Waals surface area (Å²) in [5.74, 6) is 0.475. The smallest absolute Gasteiger partial charge is 0.241 e. The van der Waals surface area contributed by atoms with Crippen LogP contribution in [0.5, 0.6) is 0 Å². The molecule has 0 heterocycles. The Morgan fingerprint density at radius 3 is 2.17 bits per heavy atom. The van der Waals surface area contributed by atoms with Crippen LogP contribution in [0.4, 0.5) is 5.69 Å². The number of hydrogen-bond donors (Lipinski definition) is 1. The second kappa shape index (κ2) is 8.32. The van der Waals surface area contributed by atoms with E-state index >= 15 is 0 Å². The fourth-order valence-corrected chi connectivity index (χ4v) is 2.54. The van der Waals surface area contributed by atoms with Gasteiger partial charge in [-0.25, -0.2) is 0 Å². The first-order valence-electron chi connectivity index (χ1n) is 8.22. The third-order valence-corrected chi connectivity index (χ3v) is 4.48. The van der Waals surface area contributed by atoms with Gasteiger partial charge >= 0.3 is 0 Å². The SMILES string of the molecule is CC(C)c1ccc(NC(=O)[C@H](C)N(C)Cc2ccc(Cl)cc2)cc1. The molecule has 0 aliphatic heterocycles. The highest BCUT2D eigenvalue weighted by Crippen LogP contribution is 2.18. The highest BCUT2D eigenvalue weighted by Gasteiger charge is 2.18. The minimum Gasteiger partial charge on any atom is -0.325 e. The normalized spacial score (nSPS) is 12.5. The molecule has 0 radical (unpaired) electrons. The summed E-state index contributed by atoms with van der Waals surface area (Å²) in [4.78, 5) is 14.5. The van der Waals surface area contributed by atoms with Crippen LogP contribution in [0.2, 0.25) is 5.02 Å². The van der Waals surface area contributed by atoms with Gasteiger partial charge < -0.3 is 5.32 Å². The van der Waals surface area contributed by atoms with Gasteiger partial charge in [0.25, 0.3) is 0 Å². The van der Waals surface area contributed by atoms with Gasteiger partial charge in [0, 0.05) is 17.3 Å². The van der Waals surface area contributed by atoms with Gasteiger partial charge in [-0.15, -0.1) is 0 Å². The van der Waals surface area contributed by atoms with E-state index in [9.17, 15) is 4.79 Å². The summed E-state index contributed by atoms with van der Waals surface area (Å²) in [6, 6.07) is 15.5. The molecule has 0 spiro atoms. The van der Waals surface area contributed by atoms with Gasteiger partial charge in [-0.05, 0) is 55.3 Å². The maximum atomic E-state index is 12.4. The number of carbonyl (C=O) groups excluding carboxylic acids is 1. The topological polar surface area (TPSA) is 32.3 Å².